The molecule has 9 nitrogen and oxygen atoms in total. The molecule has 0 aromatic heterocycles. The third kappa shape index (κ3) is 5.23. The van der Waals surface area contributed by atoms with Gasteiger partial charge in [-0.3, -0.25) is 0 Å². The molecule has 9 heteroatoms. The first-order chi connectivity index (χ1) is 19.4. The molecule has 0 N–H and O–H groups in total. The number of hydrogen-bond acceptors (Lipinski definition) is 9. The van der Waals surface area contributed by atoms with E-state index in [1.54, 1.807) is 42.7 Å². The minimum absolute atomic E-state index is 0.467. The van der Waals surface area contributed by atoms with Gasteiger partial charge in [0.1, 0.15) is 22.7 Å². The van der Waals surface area contributed by atoms with Crippen molar-refractivity contribution in [2.24, 2.45) is 0 Å². The van der Waals surface area contributed by atoms with E-state index in [0.717, 1.165) is 11.1 Å². The van der Waals surface area contributed by atoms with Gasteiger partial charge in [0.15, 0.2) is 23.0 Å². The number of hydrogen-bond donors (Lipinski definition) is 0. The summed E-state index contributed by atoms with van der Waals surface area (Å²) < 4.78 is 54.6. The van der Waals surface area contributed by atoms with Gasteiger partial charge >= 0.3 is 0 Å². The van der Waals surface area contributed by atoms with Crippen LogP contribution in [0.4, 0.5) is 0 Å². The SMILES string of the molecule is COc1c2c(c(OC)c(C(C)OC(C)c3c(OC)c4c(c(OC)c3OC)OC(C)(C)C=C4)c1OC)C=CC(C)(C)O2. The van der Waals surface area contributed by atoms with E-state index < -0.39 is 23.4 Å². The van der Waals surface area contributed by atoms with Crippen LogP contribution in [0, 0.1) is 0 Å². The normalized spacial score (nSPS) is 17.3. The van der Waals surface area contributed by atoms with Crippen LogP contribution in [0.15, 0.2) is 12.2 Å². The highest BCUT2D eigenvalue weighted by atomic mass is 16.6. The summed E-state index contributed by atoms with van der Waals surface area (Å²) in [5, 5.41) is 0. The van der Waals surface area contributed by atoms with Crippen LogP contribution in [-0.4, -0.2) is 53.9 Å². The molecular weight excluding hydrogens is 528 g/mol. The molecule has 2 aliphatic rings. The first kappa shape index (κ1) is 30.2. The van der Waals surface area contributed by atoms with Gasteiger partial charge in [0.25, 0.3) is 0 Å². The zero-order valence-corrected chi connectivity index (χ0v) is 26.1. The Morgan fingerprint density at radius 1 is 0.512 bits per heavy atom. The molecule has 0 bridgehead atoms. The Hall–Kier alpha value is -3.72. The average Bonchev–Trinajstić information content (AvgIpc) is 2.93. The van der Waals surface area contributed by atoms with Crippen molar-refractivity contribution in [3.63, 3.8) is 0 Å². The van der Waals surface area contributed by atoms with Crippen molar-refractivity contribution in [1.82, 2.24) is 0 Å². The van der Waals surface area contributed by atoms with Crippen LogP contribution in [-0.2, 0) is 4.74 Å². The molecule has 2 unspecified atom stereocenters. The maximum Gasteiger partial charge on any atom is 0.204 e. The van der Waals surface area contributed by atoms with Gasteiger partial charge in [0.05, 0.1) is 77.1 Å². The lowest BCUT2D eigenvalue weighted by Crippen LogP contribution is -2.28. The van der Waals surface area contributed by atoms with Gasteiger partial charge in [-0.15, -0.1) is 0 Å². The van der Waals surface area contributed by atoms with E-state index in [-0.39, 0.29) is 0 Å². The Labute approximate surface area is 242 Å². The van der Waals surface area contributed by atoms with E-state index in [4.69, 9.17) is 42.6 Å². The molecule has 2 heterocycles. The van der Waals surface area contributed by atoms with E-state index in [2.05, 4.69) is 0 Å². The quantitative estimate of drug-likeness (QED) is 0.301. The Kier molecular flexibility index (Phi) is 8.32. The Bertz CT molecular complexity index is 1270. The van der Waals surface area contributed by atoms with Crippen LogP contribution in [0.3, 0.4) is 0 Å². The lowest BCUT2D eigenvalue weighted by atomic mass is 9.95. The molecule has 4 rings (SSSR count). The van der Waals surface area contributed by atoms with E-state index >= 15 is 0 Å². The number of rotatable bonds is 10. The monoisotopic (exact) mass is 570 g/mol. The second-order valence-corrected chi connectivity index (χ2v) is 11.0. The van der Waals surface area contributed by atoms with Crippen molar-refractivity contribution < 1.29 is 42.6 Å². The van der Waals surface area contributed by atoms with Crippen LogP contribution >= 0.6 is 0 Å². The van der Waals surface area contributed by atoms with E-state index in [9.17, 15) is 0 Å². The molecule has 0 saturated carbocycles. The fourth-order valence-corrected chi connectivity index (χ4v) is 5.46. The molecule has 41 heavy (non-hydrogen) atoms. The molecule has 0 radical (unpaired) electrons. The van der Waals surface area contributed by atoms with Gasteiger partial charge < -0.3 is 42.6 Å². The maximum absolute atomic E-state index is 6.69. The van der Waals surface area contributed by atoms with Crippen LogP contribution < -0.4 is 37.9 Å². The summed E-state index contributed by atoms with van der Waals surface area (Å²) in [5.41, 5.74) is 1.80. The average molecular weight is 571 g/mol. The summed E-state index contributed by atoms with van der Waals surface area (Å²) in [7, 11) is 9.57. The predicted octanol–water partition coefficient (Wildman–Crippen LogP) is 6.95. The van der Waals surface area contributed by atoms with Crippen molar-refractivity contribution in [3.05, 3.63) is 34.4 Å². The second kappa shape index (κ2) is 11.3. The predicted molar refractivity (Wildman–Crippen MR) is 158 cm³/mol. The zero-order chi connectivity index (χ0) is 30.3. The minimum atomic E-state index is -0.528. The zero-order valence-electron chi connectivity index (χ0n) is 26.1. The Balaban J connectivity index is 1.86. The van der Waals surface area contributed by atoms with Crippen molar-refractivity contribution in [2.45, 2.75) is 65.0 Å². The molecule has 2 atom stereocenters. The maximum atomic E-state index is 6.69. The summed E-state index contributed by atoms with van der Waals surface area (Å²) in [6, 6.07) is 0. The summed E-state index contributed by atoms with van der Waals surface area (Å²) in [5.74, 6) is 4.12. The molecule has 2 aromatic carbocycles. The van der Waals surface area contributed by atoms with E-state index in [1.165, 1.54) is 0 Å². The van der Waals surface area contributed by atoms with Crippen LogP contribution in [0.5, 0.6) is 46.0 Å². The lowest BCUT2D eigenvalue weighted by Gasteiger charge is -2.34. The third-order valence-corrected chi connectivity index (χ3v) is 7.26. The summed E-state index contributed by atoms with van der Waals surface area (Å²) in [6.07, 6.45) is 6.86. The number of fused-ring (bicyclic) bond motifs is 2. The van der Waals surface area contributed by atoms with Gasteiger partial charge in [-0.25, -0.2) is 0 Å². The number of methoxy groups -OCH3 is 6. The van der Waals surface area contributed by atoms with E-state index in [0.29, 0.717) is 57.1 Å². The van der Waals surface area contributed by atoms with Crippen LogP contribution in [0.1, 0.15) is 76.0 Å². The molecule has 0 saturated heterocycles. The molecule has 0 fully saturated rings. The standard InChI is InChI=1S/C32H42O9/c1-17(21-23(33-7)19-13-15-31(3,4)40-25(19)29(37-11)27(21)35-9)39-18(2)22-24(34-8)20-14-16-32(5,6)41-26(20)30(38-12)28(22)36-10/h13-18H,1-12H3. The molecule has 2 aromatic rings. The smallest absolute Gasteiger partial charge is 0.204 e. The molecule has 0 aliphatic carbocycles. The number of benzene rings is 2. The Morgan fingerprint density at radius 3 is 1.12 bits per heavy atom. The largest absolute Gasteiger partial charge is 0.495 e. The first-order valence-electron chi connectivity index (χ1n) is 13.5. The molecule has 2 aliphatic heterocycles. The summed E-state index contributed by atoms with van der Waals surface area (Å²) in [6.45, 7) is 11.8. The first-order valence-corrected chi connectivity index (χ1v) is 13.5. The van der Waals surface area contributed by atoms with E-state index in [1.807, 2.05) is 65.8 Å². The van der Waals surface area contributed by atoms with Crippen molar-refractivity contribution >= 4 is 12.2 Å². The fraction of sp³-hybridized carbons (Fsp3) is 0.500. The Morgan fingerprint density at radius 2 is 0.829 bits per heavy atom. The lowest BCUT2D eigenvalue weighted by molar-refractivity contribution is 0.000682. The number of ether oxygens (including phenoxy) is 9. The molecule has 224 valence electrons. The highest BCUT2D eigenvalue weighted by Gasteiger charge is 2.38. The van der Waals surface area contributed by atoms with Gasteiger partial charge in [-0.2, -0.15) is 0 Å². The van der Waals surface area contributed by atoms with Gasteiger partial charge in [-0.05, 0) is 65.8 Å². The van der Waals surface area contributed by atoms with Crippen molar-refractivity contribution in [3.8, 4) is 46.0 Å². The molecule has 0 spiro atoms. The highest BCUT2D eigenvalue weighted by molar-refractivity contribution is 5.79. The highest BCUT2D eigenvalue weighted by Crippen LogP contribution is 2.57. The minimum Gasteiger partial charge on any atom is -0.495 e. The second-order valence-electron chi connectivity index (χ2n) is 11.0. The van der Waals surface area contributed by atoms with Crippen molar-refractivity contribution in [2.75, 3.05) is 42.7 Å². The van der Waals surface area contributed by atoms with Crippen LogP contribution in [0.25, 0.3) is 12.2 Å². The van der Waals surface area contributed by atoms with Gasteiger partial charge in [0, 0.05) is 0 Å². The fourth-order valence-electron chi connectivity index (χ4n) is 5.46. The van der Waals surface area contributed by atoms with Gasteiger partial charge in [0.2, 0.25) is 11.5 Å². The third-order valence-electron chi connectivity index (χ3n) is 7.26. The topological polar surface area (TPSA) is 83.1 Å². The summed E-state index contributed by atoms with van der Waals surface area (Å²) >= 11 is 0. The summed E-state index contributed by atoms with van der Waals surface area (Å²) in [4.78, 5) is 0. The molecular formula is C32H42O9. The molecule has 0 amide bonds. The van der Waals surface area contributed by atoms with Crippen molar-refractivity contribution in [1.29, 1.82) is 0 Å². The van der Waals surface area contributed by atoms with Gasteiger partial charge in [-0.1, -0.05) is 0 Å². The van der Waals surface area contributed by atoms with Crippen LogP contribution in [0.2, 0.25) is 0 Å².